The van der Waals surface area contributed by atoms with Crippen molar-refractivity contribution < 1.29 is 14.7 Å². The molecular weight excluding hydrogens is 578 g/mol. The molecule has 1 aliphatic carbocycles. The molecule has 3 unspecified atom stereocenters. The smallest absolute Gasteiger partial charge is 0.261 e. The highest BCUT2D eigenvalue weighted by molar-refractivity contribution is 7.14. The van der Waals surface area contributed by atoms with Crippen molar-refractivity contribution in [3.05, 3.63) is 63.6 Å². The number of benzene rings is 1. The Morgan fingerprint density at radius 1 is 1.09 bits per heavy atom. The Hall–Kier alpha value is -4.07. The monoisotopic (exact) mass is 615 g/mol. The number of nitrogens with zero attached hydrogens (tertiary/aromatic N) is 7. The Bertz CT molecular complexity index is 1690. The van der Waals surface area contributed by atoms with Gasteiger partial charge in [-0.15, -0.1) is 16.4 Å². The summed E-state index contributed by atoms with van der Waals surface area (Å²) >= 11 is 1.50. The van der Waals surface area contributed by atoms with Crippen LogP contribution in [0.15, 0.2) is 42.7 Å². The van der Waals surface area contributed by atoms with Crippen molar-refractivity contribution in [2.24, 2.45) is 0 Å². The van der Waals surface area contributed by atoms with Crippen LogP contribution < -0.4 is 15.5 Å². The van der Waals surface area contributed by atoms with Crippen molar-refractivity contribution >= 4 is 46.3 Å². The highest BCUT2D eigenvalue weighted by Gasteiger charge is 2.32. The molecule has 1 aromatic carbocycles. The molecule has 0 radical (unpaired) electrons. The summed E-state index contributed by atoms with van der Waals surface area (Å²) in [5.41, 5.74) is 3.29. The Labute approximate surface area is 259 Å². The van der Waals surface area contributed by atoms with Crippen molar-refractivity contribution in [2.45, 2.75) is 50.3 Å². The summed E-state index contributed by atoms with van der Waals surface area (Å²) in [6, 6.07) is 9.40. The van der Waals surface area contributed by atoms with Gasteiger partial charge in [-0.3, -0.25) is 14.5 Å². The predicted octanol–water partition coefficient (Wildman–Crippen LogP) is 3.14. The summed E-state index contributed by atoms with van der Waals surface area (Å²) in [6.07, 6.45) is 7.41. The summed E-state index contributed by atoms with van der Waals surface area (Å²) in [5, 5.41) is 21.7. The third kappa shape index (κ3) is 5.51. The number of thiophene rings is 1. The molecule has 13 heteroatoms. The van der Waals surface area contributed by atoms with Gasteiger partial charge in [-0.05, 0) is 68.5 Å². The van der Waals surface area contributed by atoms with Gasteiger partial charge in [0, 0.05) is 62.2 Å². The molecule has 0 saturated carbocycles. The molecule has 2 amide bonds. The van der Waals surface area contributed by atoms with Gasteiger partial charge in [0.05, 0.1) is 11.0 Å². The van der Waals surface area contributed by atoms with Crippen LogP contribution in [0.1, 0.15) is 63.5 Å². The van der Waals surface area contributed by atoms with Gasteiger partial charge in [-0.2, -0.15) is 4.98 Å². The number of fused-ring (bicyclic) bond motifs is 2. The summed E-state index contributed by atoms with van der Waals surface area (Å²) in [6.45, 7) is 2.92. The van der Waals surface area contributed by atoms with Gasteiger partial charge in [-0.1, -0.05) is 12.1 Å². The van der Waals surface area contributed by atoms with Crippen molar-refractivity contribution in [1.82, 2.24) is 34.7 Å². The largest absolute Gasteiger partial charge is 0.388 e. The number of piperazine rings is 1. The number of aliphatic hydroxyl groups excluding tert-OH is 1. The average Bonchev–Trinajstić information content (AvgIpc) is 3.69. The zero-order chi connectivity index (χ0) is 30.4. The molecule has 12 nitrogen and oxygen atoms in total. The first-order valence-electron chi connectivity index (χ1n) is 15.2. The number of anilines is 3. The lowest BCUT2D eigenvalue weighted by Gasteiger charge is -2.37. The fraction of sp³-hybridized carbons (Fsp3) is 0.452. The molecule has 0 bridgehead atoms. The van der Waals surface area contributed by atoms with E-state index in [0.29, 0.717) is 28.8 Å². The Morgan fingerprint density at radius 2 is 1.93 bits per heavy atom. The van der Waals surface area contributed by atoms with Gasteiger partial charge < -0.3 is 25.5 Å². The maximum Gasteiger partial charge on any atom is 0.261 e. The fourth-order valence-corrected chi connectivity index (χ4v) is 7.60. The molecule has 7 rings (SSSR count). The van der Waals surface area contributed by atoms with Gasteiger partial charge in [-0.25, -0.2) is 9.50 Å². The van der Waals surface area contributed by atoms with Crippen molar-refractivity contribution in [1.29, 1.82) is 0 Å². The van der Waals surface area contributed by atoms with Crippen LogP contribution in [0.5, 0.6) is 0 Å². The van der Waals surface area contributed by atoms with Crippen LogP contribution in [0, 0.1) is 0 Å². The molecule has 44 heavy (non-hydrogen) atoms. The van der Waals surface area contributed by atoms with Gasteiger partial charge in [0.2, 0.25) is 11.9 Å². The van der Waals surface area contributed by atoms with Gasteiger partial charge in [0.1, 0.15) is 6.04 Å². The van der Waals surface area contributed by atoms with E-state index in [-0.39, 0.29) is 23.9 Å². The Balaban J connectivity index is 1.07. The van der Waals surface area contributed by atoms with Gasteiger partial charge >= 0.3 is 0 Å². The molecule has 4 aromatic rings. The summed E-state index contributed by atoms with van der Waals surface area (Å²) in [4.78, 5) is 43.1. The number of carbonyl (C=O) groups excluding carboxylic acids is 2. The average molecular weight is 616 g/mol. The van der Waals surface area contributed by atoms with Gasteiger partial charge in [0.15, 0.2) is 11.5 Å². The van der Waals surface area contributed by atoms with E-state index < -0.39 is 6.10 Å². The number of likely N-dealkylation sites (N-methyl/N-ethyl adjacent to an activating group) is 2. The standard InChI is InChI=1S/C31H37N9O3S/c1-37-15-16-38(2)30(43)26(37)19-8-10-20(11-9-19)33-27-28-32-12-14-40(28)36-31(35-27)39-13-4-5-21(18-39)34-29(42)25-17-22-23(41)6-3-7-24(22)44-25/h8-12,14,17,21,23,26,41H,3-7,13,15-16,18H2,1-2H3,(H,34,42)(H,33,35,36). The lowest BCUT2D eigenvalue weighted by molar-refractivity contribution is -0.139. The molecule has 2 fully saturated rings. The van der Waals surface area contributed by atoms with Crippen LogP contribution in [0.25, 0.3) is 5.65 Å². The number of imidazole rings is 1. The first kappa shape index (κ1) is 28.7. The topological polar surface area (TPSA) is 131 Å². The highest BCUT2D eigenvalue weighted by atomic mass is 32.1. The number of piperidine rings is 1. The van der Waals surface area contributed by atoms with Crippen LogP contribution in [0.4, 0.5) is 17.5 Å². The summed E-state index contributed by atoms with van der Waals surface area (Å²) in [5.74, 6) is 1.14. The van der Waals surface area contributed by atoms with Crippen LogP contribution in [-0.4, -0.2) is 92.6 Å². The lowest BCUT2D eigenvalue weighted by atomic mass is 9.96. The van der Waals surface area contributed by atoms with Crippen LogP contribution >= 0.6 is 11.3 Å². The second kappa shape index (κ2) is 11.8. The second-order valence-corrected chi connectivity index (χ2v) is 13.1. The van der Waals surface area contributed by atoms with E-state index in [1.54, 1.807) is 21.8 Å². The van der Waals surface area contributed by atoms with Gasteiger partial charge in [0.25, 0.3) is 5.91 Å². The normalized spacial score (nSPS) is 22.7. The van der Waals surface area contributed by atoms with Crippen molar-refractivity contribution in [3.63, 3.8) is 0 Å². The second-order valence-electron chi connectivity index (χ2n) is 12.0. The molecule has 5 heterocycles. The van der Waals surface area contributed by atoms with E-state index in [4.69, 9.17) is 10.1 Å². The first-order chi connectivity index (χ1) is 21.3. The van der Waals surface area contributed by atoms with E-state index in [9.17, 15) is 14.7 Å². The number of aryl methyl sites for hydroxylation is 1. The molecule has 3 aliphatic rings. The number of hydrogen-bond acceptors (Lipinski definition) is 10. The molecule has 2 aliphatic heterocycles. The first-order valence-corrected chi connectivity index (χ1v) is 16.1. The molecule has 3 atom stereocenters. The zero-order valence-corrected chi connectivity index (χ0v) is 25.8. The van der Waals surface area contributed by atoms with Crippen molar-refractivity contribution in [2.75, 3.05) is 50.5 Å². The number of rotatable bonds is 6. The molecule has 3 aromatic heterocycles. The predicted molar refractivity (Wildman–Crippen MR) is 168 cm³/mol. The van der Waals surface area contributed by atoms with E-state index in [1.807, 2.05) is 44.4 Å². The maximum atomic E-state index is 13.2. The number of carbonyl (C=O) groups is 2. The van der Waals surface area contributed by atoms with E-state index in [2.05, 4.69) is 25.4 Å². The lowest BCUT2D eigenvalue weighted by Crippen LogP contribution is -2.48. The zero-order valence-electron chi connectivity index (χ0n) is 24.9. The molecule has 3 N–H and O–H groups in total. The third-order valence-electron chi connectivity index (χ3n) is 8.92. The number of nitrogens with one attached hydrogen (secondary N) is 2. The molecular formula is C31H37N9O3S. The minimum absolute atomic E-state index is 0.0500. The molecule has 230 valence electrons. The third-order valence-corrected chi connectivity index (χ3v) is 10.1. The SMILES string of the molecule is CN1CCN(C)C(c2ccc(Nc3nc(N4CCCC(NC(=O)c5cc6c(s5)CCCC6O)C4)nn4ccnc34)cc2)C1=O. The molecule has 0 spiro atoms. The van der Waals surface area contributed by atoms with E-state index in [1.165, 1.54) is 11.3 Å². The van der Waals surface area contributed by atoms with E-state index >= 15 is 0 Å². The fourth-order valence-electron chi connectivity index (χ4n) is 6.44. The molecule has 2 saturated heterocycles. The summed E-state index contributed by atoms with van der Waals surface area (Å²) < 4.78 is 1.72. The minimum Gasteiger partial charge on any atom is -0.388 e. The van der Waals surface area contributed by atoms with E-state index in [0.717, 1.165) is 73.4 Å². The Kier molecular flexibility index (Phi) is 7.69. The maximum absolute atomic E-state index is 13.2. The number of hydrogen-bond donors (Lipinski definition) is 3. The van der Waals surface area contributed by atoms with Crippen molar-refractivity contribution in [3.8, 4) is 0 Å². The Morgan fingerprint density at radius 3 is 2.75 bits per heavy atom. The quantitative estimate of drug-likeness (QED) is 0.299. The van der Waals surface area contributed by atoms with Crippen LogP contribution in [0.3, 0.4) is 0 Å². The number of amides is 2. The van der Waals surface area contributed by atoms with Crippen LogP contribution in [-0.2, 0) is 11.2 Å². The number of aliphatic hydroxyl groups is 1. The number of aromatic nitrogens is 4. The summed E-state index contributed by atoms with van der Waals surface area (Å²) in [7, 11) is 3.83. The van der Waals surface area contributed by atoms with Crippen LogP contribution in [0.2, 0.25) is 0 Å². The minimum atomic E-state index is -0.470. The highest BCUT2D eigenvalue weighted by Crippen LogP contribution is 2.36.